The van der Waals surface area contributed by atoms with Gasteiger partial charge < -0.3 is 0 Å². The number of rotatable bonds is 3. The van der Waals surface area contributed by atoms with Gasteiger partial charge in [-0.25, -0.2) is 0 Å². The van der Waals surface area contributed by atoms with Gasteiger partial charge in [0.2, 0.25) is 0 Å². The molecule has 0 aromatic heterocycles. The van der Waals surface area contributed by atoms with Crippen LogP contribution in [0.15, 0.2) is 24.3 Å². The zero-order valence-electron chi connectivity index (χ0n) is 12.9. The van der Waals surface area contributed by atoms with E-state index in [1.54, 1.807) is 5.30 Å². The van der Waals surface area contributed by atoms with Gasteiger partial charge in [0.1, 0.15) is 0 Å². The molecule has 1 aromatic rings. The maximum Gasteiger partial charge on any atom is 0.371 e. The van der Waals surface area contributed by atoms with Crippen LogP contribution < -0.4 is 5.30 Å². The minimum atomic E-state index is -1.52. The predicted octanol–water partition coefficient (Wildman–Crippen LogP) is 5.68. The maximum absolute atomic E-state index is 7.38. The molecule has 0 nitrogen and oxygen atoms in total. The number of benzene rings is 1. The lowest BCUT2D eigenvalue weighted by Crippen LogP contribution is -2.35. The van der Waals surface area contributed by atoms with Gasteiger partial charge in [-0.2, -0.15) is 0 Å². The summed E-state index contributed by atoms with van der Waals surface area (Å²) in [5.74, 6) is 0. The molecule has 2 aliphatic rings. The Morgan fingerprint density at radius 3 is 1.76 bits per heavy atom. The van der Waals surface area contributed by atoms with Crippen molar-refractivity contribution in [1.82, 2.24) is 0 Å². The smallest absolute Gasteiger partial charge is 0.0609 e. The van der Waals surface area contributed by atoms with Crippen molar-refractivity contribution < 1.29 is 0 Å². The first-order chi connectivity index (χ1) is 10.2. The second kappa shape index (κ2) is 7.34. The third kappa shape index (κ3) is 3.37. The number of hydrogen-bond acceptors (Lipinski definition) is 0. The fourth-order valence-electron chi connectivity index (χ4n) is 4.47. The van der Waals surface area contributed by atoms with Crippen molar-refractivity contribution in [1.29, 1.82) is 0 Å². The topological polar surface area (TPSA) is 0 Å². The second-order valence-corrected chi connectivity index (χ2v) is 11.6. The zero-order valence-corrected chi connectivity index (χ0v) is 16.0. The molecule has 2 aliphatic carbocycles. The predicted molar refractivity (Wildman–Crippen MR) is 105 cm³/mol. The first kappa shape index (κ1) is 16.3. The Balaban J connectivity index is 1.98. The molecule has 2 fully saturated rings. The summed E-state index contributed by atoms with van der Waals surface area (Å²) in [7, 11) is 5.86. The van der Waals surface area contributed by atoms with Gasteiger partial charge >= 0.3 is 7.57 Å². The van der Waals surface area contributed by atoms with Crippen LogP contribution in [0.5, 0.6) is 0 Å². The van der Waals surface area contributed by atoms with Gasteiger partial charge in [-0.1, -0.05) is 25.0 Å². The van der Waals surface area contributed by atoms with Crippen molar-refractivity contribution in [2.75, 3.05) is 0 Å². The van der Waals surface area contributed by atoms with E-state index >= 15 is 0 Å². The standard InChI is InChI=1S/C18H26BIP/c19-21(15-9-3-1-4-10-15,16-11-5-2-6-12-16)18-14-8-7-13-17(18)20/h7-8,13-16H,1-6,9-12H2/q+1. The summed E-state index contributed by atoms with van der Waals surface area (Å²) >= 11 is 2.53. The van der Waals surface area contributed by atoms with Gasteiger partial charge in [0.05, 0.1) is 20.2 Å². The fourth-order valence-corrected chi connectivity index (χ4v) is 10.7. The minimum absolute atomic E-state index is 0.797. The summed E-state index contributed by atoms with van der Waals surface area (Å²) in [6.07, 6.45) is 14.0. The second-order valence-electron chi connectivity index (χ2n) is 6.87. The molecule has 3 rings (SSSR count). The quantitative estimate of drug-likeness (QED) is 0.341. The van der Waals surface area contributed by atoms with Crippen LogP contribution in [-0.4, -0.2) is 18.9 Å². The Bertz CT molecular complexity index is 446. The normalized spacial score (nSPS) is 22.3. The molecule has 21 heavy (non-hydrogen) atoms. The van der Waals surface area contributed by atoms with Gasteiger partial charge in [0.15, 0.2) is 0 Å². The third-order valence-electron chi connectivity index (χ3n) is 5.63. The molecule has 0 spiro atoms. The average Bonchev–Trinajstić information content (AvgIpc) is 2.56. The van der Waals surface area contributed by atoms with Crippen molar-refractivity contribution in [2.24, 2.45) is 0 Å². The van der Waals surface area contributed by atoms with Crippen molar-refractivity contribution in [2.45, 2.75) is 75.5 Å². The molecule has 0 N–H and O–H groups in total. The van der Waals surface area contributed by atoms with Gasteiger partial charge in [0, 0.05) is 7.14 Å². The summed E-state index contributed by atoms with van der Waals surface area (Å²) in [5.41, 5.74) is 1.59. The summed E-state index contributed by atoms with van der Waals surface area (Å²) in [5, 5.41) is 1.55. The van der Waals surface area contributed by atoms with Crippen molar-refractivity contribution in [3.05, 3.63) is 27.8 Å². The van der Waals surface area contributed by atoms with Crippen molar-refractivity contribution in [3.63, 3.8) is 0 Å². The highest BCUT2D eigenvalue weighted by Gasteiger charge is 2.50. The summed E-state index contributed by atoms with van der Waals surface area (Å²) < 4.78 is 1.42. The highest BCUT2D eigenvalue weighted by molar-refractivity contribution is 14.1. The molecular formula is C18H26BIP+. The number of halogens is 1. The minimum Gasteiger partial charge on any atom is -0.0609 e. The molecule has 2 saturated carbocycles. The van der Waals surface area contributed by atoms with E-state index in [-0.39, 0.29) is 0 Å². The van der Waals surface area contributed by atoms with E-state index in [4.69, 9.17) is 7.57 Å². The Kier molecular flexibility index (Phi) is 5.70. The highest BCUT2D eigenvalue weighted by atomic mass is 127. The van der Waals surface area contributed by atoms with E-state index in [0.717, 1.165) is 11.3 Å². The molecule has 0 bridgehead atoms. The van der Waals surface area contributed by atoms with E-state index in [1.807, 2.05) is 0 Å². The molecule has 0 atom stereocenters. The lowest BCUT2D eigenvalue weighted by molar-refractivity contribution is 0.485. The Hall–Kier alpha value is 0.445. The Morgan fingerprint density at radius 2 is 1.29 bits per heavy atom. The van der Waals surface area contributed by atoms with E-state index in [1.165, 1.54) is 67.8 Å². The average molecular weight is 411 g/mol. The van der Waals surface area contributed by atoms with Gasteiger partial charge in [0.25, 0.3) is 0 Å². The molecule has 0 unspecified atom stereocenters. The maximum atomic E-state index is 7.38. The first-order valence-electron chi connectivity index (χ1n) is 8.65. The molecule has 0 amide bonds. The van der Waals surface area contributed by atoms with Crippen LogP contribution in [0.4, 0.5) is 0 Å². The van der Waals surface area contributed by atoms with Crippen molar-refractivity contribution >= 4 is 42.6 Å². The SMILES string of the molecule is [B][P+](c1ccccc1I)(C1CCCCC1)C1CCCCC1. The summed E-state index contributed by atoms with van der Waals surface area (Å²) in [6.45, 7) is 0. The largest absolute Gasteiger partial charge is 0.371 e. The van der Waals surface area contributed by atoms with Crippen LogP contribution in [0.1, 0.15) is 64.2 Å². The van der Waals surface area contributed by atoms with E-state index in [2.05, 4.69) is 46.9 Å². The zero-order chi connectivity index (χ0) is 14.7. The third-order valence-corrected chi connectivity index (χ3v) is 11.7. The van der Waals surface area contributed by atoms with Crippen LogP contribution in [-0.2, 0) is 0 Å². The molecule has 112 valence electrons. The fraction of sp³-hybridized carbons (Fsp3) is 0.667. The molecule has 0 aliphatic heterocycles. The highest BCUT2D eigenvalue weighted by Crippen LogP contribution is 2.68. The molecule has 0 saturated heterocycles. The lowest BCUT2D eigenvalue weighted by atomic mass is 9.99. The summed E-state index contributed by atoms with van der Waals surface area (Å²) in [6, 6.07) is 9.00. The van der Waals surface area contributed by atoms with E-state index < -0.39 is 7.14 Å². The lowest BCUT2D eigenvalue weighted by Gasteiger charge is -2.42. The first-order valence-corrected chi connectivity index (χ1v) is 11.7. The summed E-state index contributed by atoms with van der Waals surface area (Å²) in [4.78, 5) is 0. The van der Waals surface area contributed by atoms with Crippen LogP contribution in [0, 0.1) is 3.57 Å². The molecule has 3 heteroatoms. The molecular weight excluding hydrogens is 385 g/mol. The van der Waals surface area contributed by atoms with E-state index in [0.29, 0.717) is 0 Å². The van der Waals surface area contributed by atoms with Crippen molar-refractivity contribution in [3.8, 4) is 0 Å². The molecule has 1 aromatic carbocycles. The van der Waals surface area contributed by atoms with Gasteiger partial charge in [-0.05, 0) is 86.1 Å². The molecule has 2 radical (unpaired) electrons. The van der Waals surface area contributed by atoms with Crippen LogP contribution in [0.3, 0.4) is 0 Å². The Labute approximate surface area is 145 Å². The number of hydrogen-bond donors (Lipinski definition) is 0. The van der Waals surface area contributed by atoms with Gasteiger partial charge in [-0.15, -0.1) is 0 Å². The van der Waals surface area contributed by atoms with Crippen LogP contribution >= 0.6 is 29.7 Å². The van der Waals surface area contributed by atoms with Gasteiger partial charge in [-0.3, -0.25) is 0 Å². The van der Waals surface area contributed by atoms with Crippen LogP contribution in [0.2, 0.25) is 0 Å². The van der Waals surface area contributed by atoms with Crippen LogP contribution in [0.25, 0.3) is 0 Å². The Morgan fingerprint density at radius 1 is 0.810 bits per heavy atom. The molecule has 0 heterocycles. The monoisotopic (exact) mass is 411 g/mol. The van der Waals surface area contributed by atoms with E-state index in [9.17, 15) is 0 Å².